The number of likely N-dealkylation sites (N-methyl/N-ethyl adjacent to an activating group) is 1. The van der Waals surface area contributed by atoms with E-state index in [1.165, 1.54) is 23.1 Å². The molecule has 0 aromatic heterocycles. The van der Waals surface area contributed by atoms with Gasteiger partial charge in [-0.15, -0.1) is 0 Å². The van der Waals surface area contributed by atoms with E-state index in [0.29, 0.717) is 5.69 Å². The van der Waals surface area contributed by atoms with E-state index in [1.807, 2.05) is 0 Å². The first-order valence-corrected chi connectivity index (χ1v) is 4.31. The summed E-state index contributed by atoms with van der Waals surface area (Å²) in [7, 11) is 1.61. The fourth-order valence-electron chi connectivity index (χ4n) is 1.07. The highest BCUT2D eigenvalue weighted by atomic mass is 19.1. The molecule has 1 aromatic carbocycles. The van der Waals surface area contributed by atoms with Crippen molar-refractivity contribution in [2.24, 2.45) is 0 Å². The lowest BCUT2D eigenvalue weighted by atomic mass is 10.3. The quantitative estimate of drug-likeness (QED) is 0.660. The fraction of sp³-hybridized carbons (Fsp3) is 0.182. The molecule has 1 rings (SSSR count). The molecule has 0 bridgehead atoms. The third kappa shape index (κ3) is 2.42. The highest BCUT2D eigenvalue weighted by Crippen LogP contribution is 2.13. The van der Waals surface area contributed by atoms with Gasteiger partial charge < -0.3 is 4.90 Å². The molecule has 0 fully saturated rings. The van der Waals surface area contributed by atoms with E-state index in [1.54, 1.807) is 32.2 Å². The molecule has 1 aromatic rings. The summed E-state index contributed by atoms with van der Waals surface area (Å²) in [5.74, 6) is -0.513. The summed E-state index contributed by atoms with van der Waals surface area (Å²) >= 11 is 0. The van der Waals surface area contributed by atoms with Crippen molar-refractivity contribution in [3.8, 4) is 0 Å². The Balaban J connectivity index is 2.89. The van der Waals surface area contributed by atoms with Crippen LogP contribution in [0.4, 0.5) is 10.1 Å². The Morgan fingerprint density at radius 2 is 2.21 bits per heavy atom. The summed E-state index contributed by atoms with van der Waals surface area (Å²) in [5.41, 5.74) is 0.549. The van der Waals surface area contributed by atoms with E-state index in [0.717, 1.165) is 0 Å². The highest BCUT2D eigenvalue weighted by Gasteiger charge is 2.07. The normalized spacial score (nSPS) is 10.5. The lowest BCUT2D eigenvalue weighted by Gasteiger charge is -2.14. The van der Waals surface area contributed by atoms with Crippen molar-refractivity contribution in [3.05, 3.63) is 42.2 Å². The molecule has 74 valence electrons. The number of hydrogen-bond acceptors (Lipinski definition) is 1. The van der Waals surface area contributed by atoms with Gasteiger partial charge in [0, 0.05) is 12.7 Å². The largest absolute Gasteiger partial charge is 0.312 e. The van der Waals surface area contributed by atoms with Gasteiger partial charge in [0.2, 0.25) is 5.91 Å². The Morgan fingerprint density at radius 3 is 2.79 bits per heavy atom. The maximum Gasteiger partial charge on any atom is 0.250 e. The molecule has 1 amide bonds. The zero-order valence-corrected chi connectivity index (χ0v) is 8.20. The van der Waals surface area contributed by atoms with Crippen LogP contribution in [0.3, 0.4) is 0 Å². The average Bonchev–Trinajstić information content (AvgIpc) is 2.17. The Morgan fingerprint density at radius 1 is 1.50 bits per heavy atom. The molecular formula is C11H12FNO. The van der Waals surface area contributed by atoms with Gasteiger partial charge in [0.15, 0.2) is 0 Å². The van der Waals surface area contributed by atoms with E-state index >= 15 is 0 Å². The second-order valence-electron chi connectivity index (χ2n) is 2.88. The third-order valence-electron chi connectivity index (χ3n) is 1.84. The molecule has 0 N–H and O–H groups in total. The van der Waals surface area contributed by atoms with Gasteiger partial charge in [0.05, 0.1) is 0 Å². The van der Waals surface area contributed by atoms with E-state index in [-0.39, 0.29) is 11.7 Å². The first-order chi connectivity index (χ1) is 6.65. The Kier molecular flexibility index (Phi) is 3.40. The molecule has 0 spiro atoms. The van der Waals surface area contributed by atoms with Crippen LogP contribution in [0.15, 0.2) is 36.4 Å². The number of nitrogens with zero attached hydrogens (tertiary/aromatic N) is 1. The summed E-state index contributed by atoms with van der Waals surface area (Å²) in [5, 5.41) is 0. The van der Waals surface area contributed by atoms with Gasteiger partial charge in [-0.25, -0.2) is 4.39 Å². The van der Waals surface area contributed by atoms with E-state index in [2.05, 4.69) is 0 Å². The van der Waals surface area contributed by atoms with Crippen LogP contribution in [0.5, 0.6) is 0 Å². The summed E-state index contributed by atoms with van der Waals surface area (Å²) in [6.07, 6.45) is 3.09. The summed E-state index contributed by atoms with van der Waals surface area (Å²) < 4.78 is 12.8. The van der Waals surface area contributed by atoms with Gasteiger partial charge in [-0.2, -0.15) is 0 Å². The molecule has 0 aliphatic carbocycles. The second-order valence-corrected chi connectivity index (χ2v) is 2.88. The van der Waals surface area contributed by atoms with Gasteiger partial charge in [-0.05, 0) is 31.2 Å². The average molecular weight is 193 g/mol. The number of carbonyl (C=O) groups excluding carboxylic acids is 1. The lowest BCUT2D eigenvalue weighted by molar-refractivity contribution is -0.113. The molecule has 0 saturated carbocycles. The summed E-state index contributed by atoms with van der Waals surface area (Å²) in [6, 6.07) is 5.92. The molecule has 14 heavy (non-hydrogen) atoms. The number of anilines is 1. The number of rotatable bonds is 2. The van der Waals surface area contributed by atoms with Gasteiger partial charge in [0.25, 0.3) is 0 Å². The zero-order chi connectivity index (χ0) is 10.6. The monoisotopic (exact) mass is 193 g/mol. The molecule has 0 saturated heterocycles. The van der Waals surface area contributed by atoms with E-state index in [4.69, 9.17) is 0 Å². The summed E-state index contributed by atoms with van der Waals surface area (Å²) in [4.78, 5) is 12.8. The molecule has 0 aliphatic rings. The first-order valence-electron chi connectivity index (χ1n) is 4.31. The predicted octanol–water partition coefficient (Wildman–Crippen LogP) is 2.36. The van der Waals surface area contributed by atoms with Crippen LogP contribution in [-0.4, -0.2) is 13.0 Å². The molecule has 3 heteroatoms. The topological polar surface area (TPSA) is 20.3 Å². The van der Waals surface area contributed by atoms with Crippen LogP contribution < -0.4 is 4.90 Å². The van der Waals surface area contributed by atoms with Gasteiger partial charge in [0.1, 0.15) is 5.82 Å². The molecule has 0 radical (unpaired) electrons. The van der Waals surface area contributed by atoms with Crippen molar-refractivity contribution >= 4 is 11.6 Å². The molecule has 0 heterocycles. The fourth-order valence-corrected chi connectivity index (χ4v) is 1.07. The van der Waals surface area contributed by atoms with Crippen molar-refractivity contribution in [2.75, 3.05) is 11.9 Å². The van der Waals surface area contributed by atoms with E-state index in [9.17, 15) is 9.18 Å². The Hall–Kier alpha value is -1.64. The Bertz CT molecular complexity index is 360. The van der Waals surface area contributed by atoms with Crippen LogP contribution in [-0.2, 0) is 4.79 Å². The summed E-state index contributed by atoms with van der Waals surface area (Å²) in [6.45, 7) is 1.76. The molecule has 0 atom stereocenters. The van der Waals surface area contributed by atoms with Crippen molar-refractivity contribution in [3.63, 3.8) is 0 Å². The van der Waals surface area contributed by atoms with Gasteiger partial charge in [-0.1, -0.05) is 12.1 Å². The lowest BCUT2D eigenvalue weighted by Crippen LogP contribution is -2.23. The van der Waals surface area contributed by atoms with Gasteiger partial charge >= 0.3 is 0 Å². The third-order valence-corrected chi connectivity index (χ3v) is 1.84. The van der Waals surface area contributed by atoms with E-state index < -0.39 is 0 Å². The molecule has 0 aliphatic heterocycles. The van der Waals surface area contributed by atoms with Crippen LogP contribution in [0.25, 0.3) is 0 Å². The van der Waals surface area contributed by atoms with Crippen molar-refractivity contribution in [1.82, 2.24) is 0 Å². The first kappa shape index (κ1) is 10.4. The number of benzene rings is 1. The van der Waals surface area contributed by atoms with Crippen LogP contribution in [0, 0.1) is 5.82 Å². The zero-order valence-electron chi connectivity index (χ0n) is 8.20. The second kappa shape index (κ2) is 4.56. The minimum Gasteiger partial charge on any atom is -0.312 e. The minimum absolute atomic E-state index is 0.168. The van der Waals surface area contributed by atoms with Crippen molar-refractivity contribution < 1.29 is 9.18 Å². The number of amides is 1. The maximum atomic E-state index is 12.8. The molecule has 2 nitrogen and oxygen atoms in total. The number of halogens is 1. The number of carbonyl (C=O) groups is 1. The number of allylic oxidation sites excluding steroid dienone is 1. The van der Waals surface area contributed by atoms with Crippen molar-refractivity contribution in [2.45, 2.75) is 6.92 Å². The Labute approximate surface area is 82.7 Å². The molecule has 0 unspecified atom stereocenters. The minimum atomic E-state index is -0.345. The standard InChI is InChI=1S/C11H12FNO/c1-3-5-11(14)13(2)10-7-4-6-9(12)8-10/h3-8H,1-2H3. The smallest absolute Gasteiger partial charge is 0.250 e. The maximum absolute atomic E-state index is 12.8. The SMILES string of the molecule is CC=CC(=O)N(C)c1cccc(F)c1. The van der Waals surface area contributed by atoms with Crippen LogP contribution in [0.2, 0.25) is 0 Å². The predicted molar refractivity (Wildman–Crippen MR) is 54.6 cm³/mol. The van der Waals surface area contributed by atoms with Crippen molar-refractivity contribution in [1.29, 1.82) is 0 Å². The van der Waals surface area contributed by atoms with Gasteiger partial charge in [-0.3, -0.25) is 4.79 Å². The highest BCUT2D eigenvalue weighted by molar-refractivity contribution is 6.00. The van der Waals surface area contributed by atoms with Crippen LogP contribution in [0.1, 0.15) is 6.92 Å². The van der Waals surface area contributed by atoms with Crippen LogP contribution >= 0.6 is 0 Å². The number of hydrogen-bond donors (Lipinski definition) is 0. The molecular weight excluding hydrogens is 181 g/mol.